The van der Waals surface area contributed by atoms with Crippen molar-refractivity contribution in [1.29, 1.82) is 0 Å². The molecule has 108 valence electrons. The van der Waals surface area contributed by atoms with Gasteiger partial charge in [-0.3, -0.25) is 4.79 Å². The highest BCUT2D eigenvalue weighted by Crippen LogP contribution is 2.21. The Labute approximate surface area is 109 Å². The fourth-order valence-corrected chi connectivity index (χ4v) is 4.13. The van der Waals surface area contributed by atoms with Crippen LogP contribution in [-0.2, 0) is 23.1 Å². The van der Waals surface area contributed by atoms with E-state index in [4.69, 9.17) is 23.4 Å². The summed E-state index contributed by atoms with van der Waals surface area (Å²) in [4.78, 5) is 10.7. The Kier molecular flexibility index (Phi) is 10.2. The maximum absolute atomic E-state index is 10.7. The number of hydrogen-bond acceptors (Lipinski definition) is 5. The lowest BCUT2D eigenvalue weighted by Gasteiger charge is -2.29. The van der Waals surface area contributed by atoms with Crippen molar-refractivity contribution in [2.75, 3.05) is 40.6 Å². The van der Waals surface area contributed by atoms with E-state index in [0.29, 0.717) is 38.5 Å². The van der Waals surface area contributed by atoms with E-state index in [1.165, 1.54) is 0 Å². The highest BCUT2D eigenvalue weighted by molar-refractivity contribution is 6.67. The summed E-state index contributed by atoms with van der Waals surface area (Å²) in [5.41, 5.74) is 0. The number of rotatable bonds is 12. The molecule has 0 aliphatic heterocycles. The SMILES string of the molecule is CC[Si](CCC(=O)O)(OCCOC)OCCOC. The maximum atomic E-state index is 10.7. The molecule has 1 N–H and O–H groups in total. The maximum Gasteiger partial charge on any atom is 0.338 e. The number of hydrogen-bond donors (Lipinski definition) is 1. The van der Waals surface area contributed by atoms with Crippen LogP contribution in [0.15, 0.2) is 0 Å². The molecule has 18 heavy (non-hydrogen) atoms. The number of carboxylic acid groups (broad SMARTS) is 1. The molecule has 0 saturated carbocycles. The molecule has 0 aromatic heterocycles. The number of aliphatic carboxylic acids is 1. The van der Waals surface area contributed by atoms with Gasteiger partial charge >= 0.3 is 14.5 Å². The first-order valence-corrected chi connectivity index (χ1v) is 8.31. The van der Waals surface area contributed by atoms with Crippen LogP contribution < -0.4 is 0 Å². The van der Waals surface area contributed by atoms with Crippen LogP contribution in [-0.4, -0.2) is 60.3 Å². The third-order valence-electron chi connectivity index (χ3n) is 2.56. The molecule has 0 rings (SSSR count). The van der Waals surface area contributed by atoms with Gasteiger partial charge in [0.05, 0.1) is 26.4 Å². The first-order chi connectivity index (χ1) is 8.60. The van der Waals surface area contributed by atoms with E-state index in [2.05, 4.69) is 0 Å². The summed E-state index contributed by atoms with van der Waals surface area (Å²) in [5, 5.41) is 8.78. The van der Waals surface area contributed by atoms with Gasteiger partial charge in [0.1, 0.15) is 0 Å². The zero-order valence-corrected chi connectivity index (χ0v) is 12.4. The third kappa shape index (κ3) is 7.78. The fraction of sp³-hybridized carbons (Fsp3) is 0.909. The van der Waals surface area contributed by atoms with Gasteiger partial charge in [0.25, 0.3) is 0 Å². The Morgan fingerprint density at radius 1 is 1.06 bits per heavy atom. The molecule has 0 radical (unpaired) electrons. The van der Waals surface area contributed by atoms with Crippen LogP contribution in [0.2, 0.25) is 12.1 Å². The van der Waals surface area contributed by atoms with Gasteiger partial charge in [0.2, 0.25) is 0 Å². The fourth-order valence-electron chi connectivity index (χ4n) is 1.49. The summed E-state index contributed by atoms with van der Waals surface area (Å²) in [6, 6.07) is 1.17. The minimum Gasteiger partial charge on any atom is -0.481 e. The predicted molar refractivity (Wildman–Crippen MR) is 69.0 cm³/mol. The third-order valence-corrected chi connectivity index (χ3v) is 6.11. The van der Waals surface area contributed by atoms with Crippen LogP contribution in [0.5, 0.6) is 0 Å². The molecule has 0 aliphatic rings. The van der Waals surface area contributed by atoms with Gasteiger partial charge in [-0.2, -0.15) is 0 Å². The minimum atomic E-state index is -2.45. The van der Waals surface area contributed by atoms with Gasteiger partial charge in [-0.05, 0) is 6.04 Å². The summed E-state index contributed by atoms with van der Waals surface area (Å²) in [7, 11) is 0.750. The smallest absolute Gasteiger partial charge is 0.338 e. The molecule has 0 unspecified atom stereocenters. The Morgan fingerprint density at radius 3 is 1.89 bits per heavy atom. The monoisotopic (exact) mass is 280 g/mol. The number of carbonyl (C=O) groups is 1. The minimum absolute atomic E-state index is 0.0695. The molecule has 0 aromatic carbocycles. The van der Waals surface area contributed by atoms with Crippen LogP contribution in [0.1, 0.15) is 13.3 Å². The summed E-state index contributed by atoms with van der Waals surface area (Å²) in [6.45, 7) is 3.80. The molecule has 0 aromatic rings. The molecule has 6 nitrogen and oxygen atoms in total. The van der Waals surface area contributed by atoms with Crippen LogP contribution in [0.4, 0.5) is 0 Å². The van der Waals surface area contributed by atoms with Crippen molar-refractivity contribution in [2.45, 2.75) is 25.4 Å². The quantitative estimate of drug-likeness (QED) is 0.428. The second-order valence-corrected chi connectivity index (χ2v) is 7.45. The molecule has 7 heteroatoms. The topological polar surface area (TPSA) is 74.2 Å². The standard InChI is InChI=1S/C11H24O6Si/c1-4-18(10-5-11(12)13,16-8-6-14-2)17-9-7-15-3/h4-10H2,1-3H3,(H,12,13). The lowest BCUT2D eigenvalue weighted by molar-refractivity contribution is -0.136. The Bertz CT molecular complexity index is 214. The van der Waals surface area contributed by atoms with Crippen LogP contribution in [0, 0.1) is 0 Å². The number of methoxy groups -OCH3 is 2. The van der Waals surface area contributed by atoms with E-state index in [0.717, 1.165) is 0 Å². The van der Waals surface area contributed by atoms with Gasteiger partial charge in [-0.1, -0.05) is 6.92 Å². The van der Waals surface area contributed by atoms with Crippen molar-refractivity contribution in [2.24, 2.45) is 0 Å². The molecule has 0 amide bonds. The number of ether oxygens (including phenoxy) is 2. The molecule has 0 spiro atoms. The Balaban J connectivity index is 4.34. The second-order valence-electron chi connectivity index (χ2n) is 3.84. The Morgan fingerprint density at radius 2 is 1.56 bits per heavy atom. The highest BCUT2D eigenvalue weighted by atomic mass is 28.4. The number of carboxylic acids is 1. The van der Waals surface area contributed by atoms with E-state index in [-0.39, 0.29) is 6.42 Å². The molecular weight excluding hydrogens is 256 g/mol. The van der Waals surface area contributed by atoms with E-state index < -0.39 is 14.5 Å². The van der Waals surface area contributed by atoms with E-state index in [9.17, 15) is 4.79 Å². The first-order valence-electron chi connectivity index (χ1n) is 6.07. The average Bonchev–Trinajstić information content (AvgIpc) is 2.36. The van der Waals surface area contributed by atoms with Gasteiger partial charge in [-0.15, -0.1) is 0 Å². The summed E-state index contributed by atoms with van der Waals surface area (Å²) < 4.78 is 21.4. The van der Waals surface area contributed by atoms with E-state index in [1.807, 2.05) is 6.92 Å². The molecule has 0 bridgehead atoms. The Hall–Kier alpha value is -0.473. The molecule has 0 aliphatic carbocycles. The van der Waals surface area contributed by atoms with E-state index >= 15 is 0 Å². The first kappa shape index (κ1) is 17.5. The average molecular weight is 280 g/mol. The molecule has 0 fully saturated rings. The van der Waals surface area contributed by atoms with Crippen LogP contribution in [0.25, 0.3) is 0 Å². The highest BCUT2D eigenvalue weighted by Gasteiger charge is 2.36. The van der Waals surface area contributed by atoms with Gasteiger partial charge in [0.15, 0.2) is 0 Å². The molecule has 0 saturated heterocycles. The van der Waals surface area contributed by atoms with Gasteiger partial charge in [0, 0.05) is 26.7 Å². The largest absolute Gasteiger partial charge is 0.481 e. The molecule has 0 heterocycles. The van der Waals surface area contributed by atoms with Crippen molar-refractivity contribution in [3.05, 3.63) is 0 Å². The predicted octanol–water partition coefficient (Wildman–Crippen LogP) is 1.25. The molecular formula is C11H24O6Si. The second kappa shape index (κ2) is 10.4. The normalized spacial score (nSPS) is 11.7. The van der Waals surface area contributed by atoms with Gasteiger partial charge < -0.3 is 23.4 Å². The van der Waals surface area contributed by atoms with Crippen molar-refractivity contribution >= 4 is 14.5 Å². The summed E-state index contributed by atoms with van der Waals surface area (Å²) in [6.07, 6.45) is 0.0695. The van der Waals surface area contributed by atoms with Crippen molar-refractivity contribution < 1.29 is 28.2 Å². The van der Waals surface area contributed by atoms with Crippen LogP contribution >= 0.6 is 0 Å². The van der Waals surface area contributed by atoms with Crippen molar-refractivity contribution in [3.63, 3.8) is 0 Å². The summed E-state index contributed by atoms with van der Waals surface area (Å²) >= 11 is 0. The van der Waals surface area contributed by atoms with Crippen LogP contribution in [0.3, 0.4) is 0 Å². The summed E-state index contributed by atoms with van der Waals surface area (Å²) in [5.74, 6) is -0.828. The lowest BCUT2D eigenvalue weighted by Crippen LogP contribution is -2.43. The lowest BCUT2D eigenvalue weighted by atomic mass is 10.5. The zero-order chi connectivity index (χ0) is 13.9. The van der Waals surface area contributed by atoms with E-state index in [1.54, 1.807) is 14.2 Å². The van der Waals surface area contributed by atoms with Crippen molar-refractivity contribution in [1.82, 2.24) is 0 Å². The zero-order valence-electron chi connectivity index (χ0n) is 11.4. The van der Waals surface area contributed by atoms with Crippen molar-refractivity contribution in [3.8, 4) is 0 Å². The van der Waals surface area contributed by atoms with Gasteiger partial charge in [-0.25, -0.2) is 0 Å². The molecule has 0 atom stereocenters.